The Morgan fingerprint density at radius 1 is 1.26 bits per heavy atom. The number of hydrogen-bond acceptors (Lipinski definition) is 4. The molecule has 1 atom stereocenters. The molecule has 2 fully saturated rings. The quantitative estimate of drug-likeness (QED) is 0.905. The fraction of sp³-hybridized carbons (Fsp3) is 0.611. The predicted octanol–water partition coefficient (Wildman–Crippen LogP) is 2.44. The molecule has 1 unspecified atom stereocenters. The maximum atomic E-state index is 12.6. The van der Waals surface area contributed by atoms with Gasteiger partial charge in [0.1, 0.15) is 0 Å². The first-order valence-corrected chi connectivity index (χ1v) is 8.55. The number of likely N-dealkylation sites (tertiary alicyclic amines) is 1. The van der Waals surface area contributed by atoms with Gasteiger partial charge in [-0.15, -0.1) is 0 Å². The molecule has 1 aromatic rings. The van der Waals surface area contributed by atoms with Crippen LogP contribution in [-0.4, -0.2) is 43.7 Å². The van der Waals surface area contributed by atoms with Gasteiger partial charge in [0.25, 0.3) is 5.91 Å². The molecular weight excluding hydrogens is 292 g/mol. The first kappa shape index (κ1) is 16.1. The van der Waals surface area contributed by atoms with Gasteiger partial charge >= 0.3 is 0 Å². The average molecular weight is 318 g/mol. The fourth-order valence-electron chi connectivity index (χ4n) is 3.48. The normalized spacial score (nSPS) is 21.7. The van der Waals surface area contributed by atoms with Crippen LogP contribution in [-0.2, 0) is 0 Å². The lowest BCUT2D eigenvalue weighted by atomic mass is 10.1. The van der Waals surface area contributed by atoms with Crippen molar-refractivity contribution in [2.75, 3.05) is 26.7 Å². The van der Waals surface area contributed by atoms with E-state index in [1.807, 2.05) is 17.0 Å². The van der Waals surface area contributed by atoms with Crippen LogP contribution in [0, 0.1) is 5.92 Å². The largest absolute Gasteiger partial charge is 0.493 e. The molecule has 1 amide bonds. The number of amides is 1. The van der Waals surface area contributed by atoms with Crippen LogP contribution in [0.3, 0.4) is 0 Å². The van der Waals surface area contributed by atoms with Crippen molar-refractivity contribution in [2.24, 2.45) is 11.7 Å². The Morgan fingerprint density at radius 3 is 2.70 bits per heavy atom. The van der Waals surface area contributed by atoms with E-state index in [-0.39, 0.29) is 12.0 Å². The molecule has 0 radical (unpaired) electrons. The van der Waals surface area contributed by atoms with Crippen molar-refractivity contribution in [2.45, 2.75) is 38.2 Å². The molecule has 1 aromatic carbocycles. The van der Waals surface area contributed by atoms with Crippen molar-refractivity contribution < 1.29 is 14.3 Å². The molecule has 2 N–H and O–H groups in total. The molecule has 5 nitrogen and oxygen atoms in total. The molecule has 1 heterocycles. The van der Waals surface area contributed by atoms with E-state index in [0.717, 1.165) is 38.1 Å². The Labute approximate surface area is 137 Å². The highest BCUT2D eigenvalue weighted by Gasteiger charge is 2.27. The molecule has 1 aliphatic carbocycles. The standard InChI is InChI=1S/C18H26N2O3/c1-22-17-10-14(18(21)20-9-8-13(11-19)12-20)6-7-16(17)23-15-4-2-3-5-15/h6-7,10,13,15H,2-5,8-9,11-12,19H2,1H3. The molecule has 0 spiro atoms. The Morgan fingerprint density at radius 2 is 2.04 bits per heavy atom. The molecule has 5 heteroatoms. The first-order chi connectivity index (χ1) is 11.2. The summed E-state index contributed by atoms with van der Waals surface area (Å²) >= 11 is 0. The number of carbonyl (C=O) groups excluding carboxylic acids is 1. The number of rotatable bonds is 5. The lowest BCUT2D eigenvalue weighted by Crippen LogP contribution is -2.29. The minimum Gasteiger partial charge on any atom is -0.493 e. The summed E-state index contributed by atoms with van der Waals surface area (Å²) in [5.74, 6) is 1.84. The third-order valence-corrected chi connectivity index (χ3v) is 4.91. The number of carbonyl (C=O) groups is 1. The van der Waals surface area contributed by atoms with Gasteiger partial charge in [-0.2, -0.15) is 0 Å². The van der Waals surface area contributed by atoms with Gasteiger partial charge in [0.2, 0.25) is 0 Å². The van der Waals surface area contributed by atoms with Crippen molar-refractivity contribution in [3.63, 3.8) is 0 Å². The average Bonchev–Trinajstić information content (AvgIpc) is 3.26. The topological polar surface area (TPSA) is 64.8 Å². The van der Waals surface area contributed by atoms with Crippen LogP contribution >= 0.6 is 0 Å². The highest BCUT2D eigenvalue weighted by atomic mass is 16.5. The Kier molecular flexibility index (Phi) is 5.06. The summed E-state index contributed by atoms with van der Waals surface area (Å²) in [7, 11) is 1.62. The van der Waals surface area contributed by atoms with E-state index in [1.54, 1.807) is 13.2 Å². The van der Waals surface area contributed by atoms with Gasteiger partial charge in [-0.1, -0.05) is 0 Å². The Bertz CT molecular complexity index is 555. The van der Waals surface area contributed by atoms with Gasteiger partial charge in [0, 0.05) is 18.7 Å². The van der Waals surface area contributed by atoms with Crippen LogP contribution in [0.5, 0.6) is 11.5 Å². The van der Waals surface area contributed by atoms with Crippen molar-refractivity contribution in [1.82, 2.24) is 4.90 Å². The summed E-state index contributed by atoms with van der Waals surface area (Å²) in [6.07, 6.45) is 5.90. The van der Waals surface area contributed by atoms with E-state index in [2.05, 4.69) is 0 Å². The molecule has 1 saturated carbocycles. The number of hydrogen-bond donors (Lipinski definition) is 1. The van der Waals surface area contributed by atoms with E-state index in [4.69, 9.17) is 15.2 Å². The van der Waals surface area contributed by atoms with Crippen molar-refractivity contribution in [3.8, 4) is 11.5 Å². The number of ether oxygens (including phenoxy) is 2. The van der Waals surface area contributed by atoms with Crippen LogP contribution in [0.4, 0.5) is 0 Å². The Balaban J connectivity index is 1.71. The van der Waals surface area contributed by atoms with Crippen molar-refractivity contribution in [3.05, 3.63) is 23.8 Å². The van der Waals surface area contributed by atoms with E-state index in [9.17, 15) is 4.79 Å². The van der Waals surface area contributed by atoms with Gasteiger partial charge in [-0.05, 0) is 62.8 Å². The number of nitrogens with zero attached hydrogens (tertiary/aromatic N) is 1. The zero-order valence-corrected chi connectivity index (χ0v) is 13.8. The van der Waals surface area contributed by atoms with Crippen molar-refractivity contribution >= 4 is 5.91 Å². The van der Waals surface area contributed by atoms with Crippen LogP contribution in [0.15, 0.2) is 18.2 Å². The van der Waals surface area contributed by atoms with E-state index >= 15 is 0 Å². The highest BCUT2D eigenvalue weighted by molar-refractivity contribution is 5.95. The molecule has 2 aliphatic rings. The molecule has 0 aromatic heterocycles. The second kappa shape index (κ2) is 7.21. The monoisotopic (exact) mass is 318 g/mol. The smallest absolute Gasteiger partial charge is 0.254 e. The van der Waals surface area contributed by atoms with Crippen LogP contribution in [0.25, 0.3) is 0 Å². The second-order valence-corrected chi connectivity index (χ2v) is 6.53. The van der Waals surface area contributed by atoms with Gasteiger partial charge in [-0.25, -0.2) is 0 Å². The predicted molar refractivity (Wildman–Crippen MR) is 88.9 cm³/mol. The Hall–Kier alpha value is -1.75. The molecule has 1 aliphatic heterocycles. The van der Waals surface area contributed by atoms with Crippen LogP contribution in [0.2, 0.25) is 0 Å². The number of benzene rings is 1. The number of methoxy groups -OCH3 is 1. The summed E-state index contributed by atoms with van der Waals surface area (Å²) in [5.41, 5.74) is 6.35. The molecule has 1 saturated heterocycles. The number of nitrogens with two attached hydrogens (primary N) is 1. The van der Waals surface area contributed by atoms with E-state index in [1.165, 1.54) is 12.8 Å². The zero-order chi connectivity index (χ0) is 16.2. The third-order valence-electron chi connectivity index (χ3n) is 4.91. The zero-order valence-electron chi connectivity index (χ0n) is 13.8. The molecular formula is C18H26N2O3. The fourth-order valence-corrected chi connectivity index (χ4v) is 3.48. The van der Waals surface area contributed by atoms with Gasteiger partial charge in [-0.3, -0.25) is 4.79 Å². The molecule has 126 valence electrons. The molecule has 0 bridgehead atoms. The minimum absolute atomic E-state index is 0.0478. The van der Waals surface area contributed by atoms with Crippen LogP contribution in [0.1, 0.15) is 42.5 Å². The second-order valence-electron chi connectivity index (χ2n) is 6.53. The van der Waals surface area contributed by atoms with Crippen molar-refractivity contribution in [1.29, 1.82) is 0 Å². The SMILES string of the molecule is COc1cc(C(=O)N2CCC(CN)C2)ccc1OC1CCCC1. The molecule has 23 heavy (non-hydrogen) atoms. The van der Waals surface area contributed by atoms with Gasteiger partial charge in [0.05, 0.1) is 13.2 Å². The van der Waals surface area contributed by atoms with Gasteiger partial charge in [0.15, 0.2) is 11.5 Å². The highest BCUT2D eigenvalue weighted by Crippen LogP contribution is 2.33. The lowest BCUT2D eigenvalue weighted by Gasteiger charge is -2.19. The van der Waals surface area contributed by atoms with Gasteiger partial charge < -0.3 is 20.1 Å². The summed E-state index contributed by atoms with van der Waals surface area (Å²) in [6.45, 7) is 2.17. The van der Waals surface area contributed by atoms with E-state index in [0.29, 0.717) is 23.8 Å². The van der Waals surface area contributed by atoms with Crippen LogP contribution < -0.4 is 15.2 Å². The lowest BCUT2D eigenvalue weighted by molar-refractivity contribution is 0.0787. The summed E-state index contributed by atoms with van der Waals surface area (Å²) in [5, 5.41) is 0. The third kappa shape index (κ3) is 3.61. The minimum atomic E-state index is 0.0478. The summed E-state index contributed by atoms with van der Waals surface area (Å²) in [4.78, 5) is 14.5. The first-order valence-electron chi connectivity index (χ1n) is 8.55. The van der Waals surface area contributed by atoms with E-state index < -0.39 is 0 Å². The summed E-state index contributed by atoms with van der Waals surface area (Å²) in [6, 6.07) is 5.49. The maximum absolute atomic E-state index is 12.6. The maximum Gasteiger partial charge on any atom is 0.254 e. The summed E-state index contributed by atoms with van der Waals surface area (Å²) < 4.78 is 11.5. The molecule has 3 rings (SSSR count).